The zero-order valence-corrected chi connectivity index (χ0v) is 11.4. The molecule has 0 bridgehead atoms. The van der Waals surface area contributed by atoms with Gasteiger partial charge in [0.1, 0.15) is 0 Å². The van der Waals surface area contributed by atoms with Crippen molar-refractivity contribution in [1.82, 2.24) is 5.32 Å². The second kappa shape index (κ2) is 6.16. The first-order valence-corrected chi connectivity index (χ1v) is 7.18. The predicted molar refractivity (Wildman–Crippen MR) is 74.5 cm³/mol. The van der Waals surface area contributed by atoms with Gasteiger partial charge in [-0.05, 0) is 50.8 Å². The van der Waals surface area contributed by atoms with Crippen LogP contribution in [-0.4, -0.2) is 23.2 Å². The van der Waals surface area contributed by atoms with Gasteiger partial charge in [-0.1, -0.05) is 0 Å². The fourth-order valence-electron chi connectivity index (χ4n) is 2.17. The highest BCUT2D eigenvalue weighted by atomic mass is 32.1. The van der Waals surface area contributed by atoms with E-state index in [4.69, 9.17) is 0 Å². The lowest BCUT2D eigenvalue weighted by Gasteiger charge is -2.25. The summed E-state index contributed by atoms with van der Waals surface area (Å²) in [5.41, 5.74) is 0. The largest absolute Gasteiger partial charge is 0.393 e. The van der Waals surface area contributed by atoms with Crippen molar-refractivity contribution >= 4 is 23.3 Å². The lowest BCUT2D eigenvalue weighted by molar-refractivity contribution is -0.117. The molecule has 0 atom stereocenters. The number of hydrogen-bond donors (Lipinski definition) is 2. The highest BCUT2D eigenvalue weighted by molar-refractivity contribution is 7.12. The Morgan fingerprint density at radius 1 is 1.39 bits per heavy atom. The summed E-state index contributed by atoms with van der Waals surface area (Å²) in [4.78, 5) is 14.1. The molecule has 0 aromatic carbocycles. The molecular weight excluding hydrogens is 246 g/mol. The minimum absolute atomic E-state index is 0.0394. The third-order valence-electron chi connectivity index (χ3n) is 3.20. The molecule has 1 aromatic rings. The van der Waals surface area contributed by atoms with Gasteiger partial charge in [0.15, 0.2) is 0 Å². The number of amides is 1. The van der Waals surface area contributed by atoms with Crippen LogP contribution in [0, 0.1) is 6.92 Å². The van der Waals surface area contributed by atoms with Crippen LogP contribution >= 0.6 is 11.3 Å². The number of carbonyl (C=O) groups is 1. The van der Waals surface area contributed by atoms with Gasteiger partial charge >= 0.3 is 0 Å². The maximum absolute atomic E-state index is 11.7. The molecule has 1 amide bonds. The summed E-state index contributed by atoms with van der Waals surface area (Å²) >= 11 is 1.68. The summed E-state index contributed by atoms with van der Waals surface area (Å²) in [5, 5.41) is 12.4. The SMILES string of the molecule is Cc1ccc(/C=C/C(=O)NC2CCC(O)CC2)s1. The number of thiophene rings is 1. The predicted octanol–water partition coefficient (Wildman–Crippen LogP) is 2.49. The van der Waals surface area contributed by atoms with E-state index in [-0.39, 0.29) is 18.1 Å². The number of aryl methyl sites for hydroxylation is 1. The first-order chi connectivity index (χ1) is 8.63. The second-order valence-electron chi connectivity index (χ2n) is 4.80. The normalized spacial score (nSPS) is 24.3. The zero-order chi connectivity index (χ0) is 13.0. The number of rotatable bonds is 3. The van der Waals surface area contributed by atoms with Crippen molar-refractivity contribution in [3.63, 3.8) is 0 Å². The molecule has 2 rings (SSSR count). The van der Waals surface area contributed by atoms with Gasteiger partial charge in [0, 0.05) is 21.9 Å². The van der Waals surface area contributed by atoms with E-state index in [1.807, 2.05) is 18.2 Å². The zero-order valence-electron chi connectivity index (χ0n) is 10.6. The second-order valence-corrected chi connectivity index (χ2v) is 6.12. The highest BCUT2D eigenvalue weighted by Gasteiger charge is 2.19. The fraction of sp³-hybridized carbons (Fsp3) is 0.500. The molecule has 0 unspecified atom stereocenters. The van der Waals surface area contributed by atoms with Gasteiger partial charge in [-0.15, -0.1) is 11.3 Å². The van der Waals surface area contributed by atoms with E-state index < -0.39 is 0 Å². The molecule has 1 aliphatic carbocycles. The molecule has 1 saturated carbocycles. The van der Waals surface area contributed by atoms with E-state index in [1.54, 1.807) is 17.4 Å². The average molecular weight is 265 g/mol. The first kappa shape index (κ1) is 13.3. The summed E-state index contributed by atoms with van der Waals surface area (Å²) in [6.07, 6.45) is 6.60. The molecule has 0 spiro atoms. The molecule has 0 radical (unpaired) electrons. The van der Waals surface area contributed by atoms with Crippen LogP contribution in [0.1, 0.15) is 35.4 Å². The molecule has 0 saturated heterocycles. The topological polar surface area (TPSA) is 49.3 Å². The van der Waals surface area contributed by atoms with E-state index in [0.717, 1.165) is 30.6 Å². The Morgan fingerprint density at radius 3 is 2.72 bits per heavy atom. The van der Waals surface area contributed by atoms with Crippen LogP contribution in [0.15, 0.2) is 18.2 Å². The highest BCUT2D eigenvalue weighted by Crippen LogP contribution is 2.19. The molecule has 1 aliphatic rings. The van der Waals surface area contributed by atoms with Crippen LogP contribution in [0.5, 0.6) is 0 Å². The van der Waals surface area contributed by atoms with Crippen LogP contribution in [0.4, 0.5) is 0 Å². The lowest BCUT2D eigenvalue weighted by atomic mass is 9.93. The van der Waals surface area contributed by atoms with E-state index in [1.165, 1.54) is 4.88 Å². The molecule has 98 valence electrons. The van der Waals surface area contributed by atoms with Crippen LogP contribution in [0.3, 0.4) is 0 Å². The first-order valence-electron chi connectivity index (χ1n) is 6.36. The lowest BCUT2D eigenvalue weighted by Crippen LogP contribution is -2.37. The number of hydrogen-bond acceptors (Lipinski definition) is 3. The third-order valence-corrected chi connectivity index (χ3v) is 4.17. The monoisotopic (exact) mass is 265 g/mol. The number of nitrogens with one attached hydrogen (secondary N) is 1. The van der Waals surface area contributed by atoms with Crippen LogP contribution in [0.25, 0.3) is 6.08 Å². The minimum Gasteiger partial charge on any atom is -0.393 e. The van der Waals surface area contributed by atoms with Crippen molar-refractivity contribution < 1.29 is 9.90 Å². The van der Waals surface area contributed by atoms with Gasteiger partial charge in [0.25, 0.3) is 0 Å². The van der Waals surface area contributed by atoms with Crippen LogP contribution in [-0.2, 0) is 4.79 Å². The Hall–Kier alpha value is -1.13. The molecule has 1 aromatic heterocycles. The van der Waals surface area contributed by atoms with Crippen molar-refractivity contribution in [3.8, 4) is 0 Å². The van der Waals surface area contributed by atoms with Crippen molar-refractivity contribution in [3.05, 3.63) is 28.0 Å². The summed E-state index contributed by atoms with van der Waals surface area (Å²) in [6, 6.07) is 4.28. The van der Waals surface area contributed by atoms with Gasteiger partial charge in [-0.25, -0.2) is 0 Å². The van der Waals surface area contributed by atoms with E-state index in [2.05, 4.69) is 12.2 Å². The van der Waals surface area contributed by atoms with Crippen molar-refractivity contribution in [2.24, 2.45) is 0 Å². The van der Waals surface area contributed by atoms with E-state index >= 15 is 0 Å². The third kappa shape index (κ3) is 3.96. The molecule has 1 heterocycles. The van der Waals surface area contributed by atoms with Crippen LogP contribution in [0.2, 0.25) is 0 Å². The van der Waals surface area contributed by atoms with E-state index in [9.17, 15) is 9.90 Å². The smallest absolute Gasteiger partial charge is 0.244 e. The number of aliphatic hydroxyl groups excluding tert-OH is 1. The maximum Gasteiger partial charge on any atom is 0.244 e. The van der Waals surface area contributed by atoms with Crippen molar-refractivity contribution in [2.75, 3.05) is 0 Å². The Labute approximate surface area is 112 Å². The standard InChI is InChI=1S/C14H19NO2S/c1-10-2-7-13(18-10)8-9-14(17)15-11-3-5-12(16)6-4-11/h2,7-9,11-12,16H,3-6H2,1H3,(H,15,17)/b9-8+. The number of carbonyl (C=O) groups excluding carboxylic acids is 1. The summed E-state index contributed by atoms with van der Waals surface area (Å²) in [5.74, 6) is -0.0394. The molecule has 1 fully saturated rings. The Bertz CT molecular complexity index is 431. The molecule has 2 N–H and O–H groups in total. The quantitative estimate of drug-likeness (QED) is 0.825. The average Bonchev–Trinajstić information content (AvgIpc) is 2.76. The number of aliphatic hydroxyl groups is 1. The van der Waals surface area contributed by atoms with Crippen LogP contribution < -0.4 is 5.32 Å². The van der Waals surface area contributed by atoms with Crippen molar-refractivity contribution in [1.29, 1.82) is 0 Å². The maximum atomic E-state index is 11.7. The molecule has 4 heteroatoms. The van der Waals surface area contributed by atoms with Gasteiger partial charge < -0.3 is 10.4 Å². The van der Waals surface area contributed by atoms with Gasteiger partial charge in [-0.3, -0.25) is 4.79 Å². The Morgan fingerprint density at radius 2 is 2.11 bits per heavy atom. The molecular formula is C14H19NO2S. The minimum atomic E-state index is -0.178. The fourth-order valence-corrected chi connectivity index (χ4v) is 2.95. The summed E-state index contributed by atoms with van der Waals surface area (Å²) < 4.78 is 0. The molecule has 0 aliphatic heterocycles. The summed E-state index contributed by atoms with van der Waals surface area (Å²) in [6.45, 7) is 2.05. The molecule has 18 heavy (non-hydrogen) atoms. The van der Waals surface area contributed by atoms with Crippen molar-refractivity contribution in [2.45, 2.75) is 44.8 Å². The Balaban J connectivity index is 1.80. The van der Waals surface area contributed by atoms with Gasteiger partial charge in [-0.2, -0.15) is 0 Å². The van der Waals surface area contributed by atoms with Gasteiger partial charge in [0.05, 0.1) is 6.10 Å². The Kier molecular flexibility index (Phi) is 4.55. The van der Waals surface area contributed by atoms with E-state index in [0.29, 0.717) is 0 Å². The summed E-state index contributed by atoms with van der Waals surface area (Å²) in [7, 11) is 0. The van der Waals surface area contributed by atoms with Gasteiger partial charge in [0.2, 0.25) is 5.91 Å². The molecule has 3 nitrogen and oxygen atoms in total.